The van der Waals surface area contributed by atoms with Crippen LogP contribution in [0.5, 0.6) is 0 Å². The number of aromatic nitrogens is 2. The second kappa shape index (κ2) is 8.13. The van der Waals surface area contributed by atoms with Crippen molar-refractivity contribution < 1.29 is 27.1 Å². The highest BCUT2D eigenvalue weighted by molar-refractivity contribution is 5.91. The third-order valence-electron chi connectivity index (χ3n) is 4.28. The number of nitrogens with one attached hydrogen (secondary N) is 1. The van der Waals surface area contributed by atoms with Gasteiger partial charge in [-0.15, -0.1) is 0 Å². The minimum Gasteiger partial charge on any atom is -0.454 e. The molecule has 0 aliphatic carbocycles. The fourth-order valence-corrected chi connectivity index (χ4v) is 2.78. The number of alkyl halides is 3. The molecule has 2 aromatic rings. The maximum atomic E-state index is 12.7. The molecule has 0 radical (unpaired) electrons. The van der Waals surface area contributed by atoms with Gasteiger partial charge >= 0.3 is 6.18 Å². The molecule has 148 valence electrons. The monoisotopic (exact) mass is 386 g/mol. The lowest BCUT2D eigenvalue weighted by Crippen LogP contribution is -2.41. The SMILES string of the molecule is Cc1cc(C(F)(F)F)nn1Cc1ccc(C(=O)NCCN2CCOCC2)o1. The molecule has 2 aromatic heterocycles. The van der Waals surface area contributed by atoms with Crippen LogP contribution < -0.4 is 5.32 Å². The van der Waals surface area contributed by atoms with E-state index in [2.05, 4.69) is 15.3 Å². The van der Waals surface area contributed by atoms with E-state index in [-0.39, 0.29) is 18.2 Å². The lowest BCUT2D eigenvalue weighted by atomic mass is 10.3. The van der Waals surface area contributed by atoms with Gasteiger partial charge in [-0.05, 0) is 25.1 Å². The predicted octanol–water partition coefficient (Wildman–Crippen LogP) is 1.91. The van der Waals surface area contributed by atoms with Crippen molar-refractivity contribution in [3.63, 3.8) is 0 Å². The highest BCUT2D eigenvalue weighted by Gasteiger charge is 2.34. The summed E-state index contributed by atoms with van der Waals surface area (Å²) in [5.41, 5.74) is -0.595. The molecule has 0 atom stereocenters. The summed E-state index contributed by atoms with van der Waals surface area (Å²) in [6, 6.07) is 4.04. The van der Waals surface area contributed by atoms with Crippen LogP contribution in [-0.2, 0) is 17.5 Å². The number of aryl methyl sites for hydroxylation is 1. The van der Waals surface area contributed by atoms with Crippen molar-refractivity contribution in [1.82, 2.24) is 20.0 Å². The Hall–Kier alpha value is -2.33. The van der Waals surface area contributed by atoms with E-state index in [1.807, 2.05) is 0 Å². The first-order chi connectivity index (χ1) is 12.8. The average Bonchev–Trinajstić information content (AvgIpc) is 3.23. The summed E-state index contributed by atoms with van der Waals surface area (Å²) < 4.78 is 50.1. The first-order valence-corrected chi connectivity index (χ1v) is 8.61. The number of rotatable bonds is 6. The summed E-state index contributed by atoms with van der Waals surface area (Å²) in [6.45, 7) is 5.80. The van der Waals surface area contributed by atoms with E-state index in [1.54, 1.807) is 6.07 Å². The summed E-state index contributed by atoms with van der Waals surface area (Å²) in [7, 11) is 0. The topological polar surface area (TPSA) is 72.5 Å². The predicted molar refractivity (Wildman–Crippen MR) is 89.4 cm³/mol. The number of hydrogen-bond acceptors (Lipinski definition) is 5. The summed E-state index contributed by atoms with van der Waals surface area (Å²) in [5, 5.41) is 6.32. The molecule has 0 spiro atoms. The number of furan rings is 1. The molecule has 0 saturated carbocycles. The van der Waals surface area contributed by atoms with Gasteiger partial charge in [0.2, 0.25) is 0 Å². The molecule has 1 N–H and O–H groups in total. The Bertz CT molecular complexity index is 779. The maximum absolute atomic E-state index is 12.7. The van der Waals surface area contributed by atoms with Crippen molar-refractivity contribution in [2.24, 2.45) is 0 Å². The van der Waals surface area contributed by atoms with Crippen LogP contribution >= 0.6 is 0 Å². The summed E-state index contributed by atoms with van der Waals surface area (Å²) in [6.07, 6.45) is -4.50. The van der Waals surface area contributed by atoms with E-state index < -0.39 is 11.9 Å². The molecule has 1 aliphatic heterocycles. The van der Waals surface area contributed by atoms with Gasteiger partial charge in [0, 0.05) is 31.9 Å². The van der Waals surface area contributed by atoms with Crippen LogP contribution in [0.4, 0.5) is 13.2 Å². The fraction of sp³-hybridized carbons (Fsp3) is 0.529. The van der Waals surface area contributed by atoms with Crippen LogP contribution in [0, 0.1) is 6.92 Å². The average molecular weight is 386 g/mol. The van der Waals surface area contributed by atoms with Crippen molar-refractivity contribution in [3.8, 4) is 0 Å². The summed E-state index contributed by atoms with van der Waals surface area (Å²) >= 11 is 0. The smallest absolute Gasteiger partial charge is 0.435 e. The second-order valence-electron chi connectivity index (χ2n) is 6.30. The minimum atomic E-state index is -4.50. The molecule has 1 fully saturated rings. The van der Waals surface area contributed by atoms with E-state index in [4.69, 9.17) is 9.15 Å². The molecule has 0 aromatic carbocycles. The Morgan fingerprint density at radius 3 is 2.70 bits per heavy atom. The van der Waals surface area contributed by atoms with Crippen molar-refractivity contribution in [2.75, 3.05) is 39.4 Å². The number of carbonyl (C=O) groups excluding carboxylic acids is 1. The second-order valence-corrected chi connectivity index (χ2v) is 6.30. The van der Waals surface area contributed by atoms with Crippen molar-refractivity contribution in [3.05, 3.63) is 41.1 Å². The van der Waals surface area contributed by atoms with E-state index in [0.717, 1.165) is 25.7 Å². The highest BCUT2D eigenvalue weighted by atomic mass is 19.4. The maximum Gasteiger partial charge on any atom is 0.435 e. The van der Waals surface area contributed by atoms with Crippen LogP contribution in [0.2, 0.25) is 0 Å². The molecule has 1 amide bonds. The van der Waals surface area contributed by atoms with Gasteiger partial charge < -0.3 is 14.5 Å². The van der Waals surface area contributed by atoms with Crippen molar-refractivity contribution in [2.45, 2.75) is 19.6 Å². The fourth-order valence-electron chi connectivity index (χ4n) is 2.78. The largest absolute Gasteiger partial charge is 0.454 e. The number of halogens is 3. The lowest BCUT2D eigenvalue weighted by molar-refractivity contribution is -0.141. The standard InChI is InChI=1S/C17H21F3N4O3/c1-12-10-15(17(18,19)20)22-24(12)11-13-2-3-14(27-13)16(25)21-4-5-23-6-8-26-9-7-23/h2-3,10H,4-9,11H2,1H3,(H,21,25). The summed E-state index contributed by atoms with van der Waals surface area (Å²) in [4.78, 5) is 14.3. The Labute approximate surface area is 154 Å². The third-order valence-corrected chi connectivity index (χ3v) is 4.28. The third kappa shape index (κ3) is 5.10. The van der Waals surface area contributed by atoms with Gasteiger partial charge in [-0.1, -0.05) is 0 Å². The first-order valence-electron chi connectivity index (χ1n) is 8.61. The molecule has 3 rings (SSSR count). The van der Waals surface area contributed by atoms with Gasteiger partial charge in [-0.2, -0.15) is 18.3 Å². The van der Waals surface area contributed by atoms with Gasteiger partial charge in [-0.25, -0.2) is 0 Å². The van der Waals surface area contributed by atoms with Crippen LogP contribution in [0.3, 0.4) is 0 Å². The van der Waals surface area contributed by atoms with Crippen LogP contribution in [0.15, 0.2) is 22.6 Å². The highest BCUT2D eigenvalue weighted by Crippen LogP contribution is 2.28. The zero-order valence-corrected chi connectivity index (χ0v) is 14.9. The minimum absolute atomic E-state index is 0.0168. The number of ether oxygens (including phenoxy) is 1. The van der Waals surface area contributed by atoms with E-state index in [1.165, 1.54) is 17.7 Å². The number of carbonyl (C=O) groups is 1. The molecular weight excluding hydrogens is 365 g/mol. The zero-order chi connectivity index (χ0) is 19.4. The summed E-state index contributed by atoms with van der Waals surface area (Å²) in [5.74, 6) is 0.115. The molecule has 0 unspecified atom stereocenters. The molecule has 0 bridgehead atoms. The number of amides is 1. The van der Waals surface area contributed by atoms with Crippen molar-refractivity contribution >= 4 is 5.91 Å². The molecule has 27 heavy (non-hydrogen) atoms. The number of hydrogen-bond donors (Lipinski definition) is 1. The van der Waals surface area contributed by atoms with Gasteiger partial charge in [0.1, 0.15) is 5.76 Å². The van der Waals surface area contributed by atoms with Gasteiger partial charge in [0.25, 0.3) is 5.91 Å². The zero-order valence-electron chi connectivity index (χ0n) is 14.9. The molecule has 1 saturated heterocycles. The number of nitrogens with zero attached hydrogens (tertiary/aromatic N) is 3. The first kappa shape index (κ1) is 19.4. The Balaban J connectivity index is 1.53. The molecule has 1 aliphatic rings. The van der Waals surface area contributed by atoms with Gasteiger partial charge in [0.15, 0.2) is 11.5 Å². The van der Waals surface area contributed by atoms with E-state index in [0.29, 0.717) is 31.2 Å². The lowest BCUT2D eigenvalue weighted by Gasteiger charge is -2.26. The van der Waals surface area contributed by atoms with Crippen molar-refractivity contribution in [1.29, 1.82) is 0 Å². The van der Waals surface area contributed by atoms with Crippen LogP contribution in [-0.4, -0.2) is 60.0 Å². The Morgan fingerprint density at radius 2 is 2.04 bits per heavy atom. The molecule has 10 heteroatoms. The Morgan fingerprint density at radius 1 is 1.30 bits per heavy atom. The Kier molecular flexibility index (Phi) is 5.85. The van der Waals surface area contributed by atoms with Crippen LogP contribution in [0.1, 0.15) is 27.7 Å². The van der Waals surface area contributed by atoms with E-state index >= 15 is 0 Å². The molecule has 3 heterocycles. The molecular formula is C17H21F3N4O3. The van der Waals surface area contributed by atoms with Gasteiger partial charge in [0.05, 0.1) is 19.8 Å². The van der Waals surface area contributed by atoms with Crippen LogP contribution in [0.25, 0.3) is 0 Å². The molecule has 7 nitrogen and oxygen atoms in total. The number of morpholine rings is 1. The quantitative estimate of drug-likeness (QED) is 0.821. The normalized spacial score (nSPS) is 15.9. The van der Waals surface area contributed by atoms with E-state index in [9.17, 15) is 18.0 Å². The van der Waals surface area contributed by atoms with Gasteiger partial charge in [-0.3, -0.25) is 14.4 Å².